The van der Waals surface area contributed by atoms with Gasteiger partial charge >= 0.3 is 5.97 Å². The van der Waals surface area contributed by atoms with Crippen molar-refractivity contribution >= 4 is 11.9 Å². The predicted molar refractivity (Wildman–Crippen MR) is 70.5 cm³/mol. The number of fused-ring (bicyclic) bond motifs is 1. The molecule has 0 aliphatic heterocycles. The molecule has 0 radical (unpaired) electrons. The smallest absolute Gasteiger partial charge is 0.326 e. The molecule has 4 heteroatoms. The van der Waals surface area contributed by atoms with Gasteiger partial charge in [-0.15, -0.1) is 0 Å². The van der Waals surface area contributed by atoms with Crippen molar-refractivity contribution in [2.45, 2.75) is 57.4 Å². The molecule has 3 saturated carbocycles. The minimum atomic E-state index is -0.856. The van der Waals surface area contributed by atoms with Gasteiger partial charge in [-0.05, 0) is 43.4 Å². The fourth-order valence-electron chi connectivity index (χ4n) is 4.31. The average molecular weight is 265 g/mol. The first-order chi connectivity index (χ1) is 9.18. The van der Waals surface area contributed by atoms with E-state index in [1.807, 2.05) is 0 Å². The maximum absolute atomic E-state index is 12.2. The molecule has 0 aromatic carbocycles. The van der Waals surface area contributed by atoms with Crippen molar-refractivity contribution in [1.82, 2.24) is 5.32 Å². The molecule has 3 aliphatic carbocycles. The van der Waals surface area contributed by atoms with Crippen molar-refractivity contribution in [2.75, 3.05) is 0 Å². The summed E-state index contributed by atoms with van der Waals surface area (Å²) in [5.41, 5.74) is 0. The van der Waals surface area contributed by atoms with Crippen LogP contribution in [0, 0.1) is 23.7 Å². The SMILES string of the molecule is O=C(O)C(NC(=O)C1C2CCCC21)C1CCCCC1. The predicted octanol–water partition coefficient (Wildman–Crippen LogP) is 2.18. The number of amides is 1. The zero-order valence-electron chi connectivity index (χ0n) is 11.3. The van der Waals surface area contributed by atoms with E-state index in [0.29, 0.717) is 11.8 Å². The van der Waals surface area contributed by atoms with Gasteiger partial charge in [0.2, 0.25) is 5.91 Å². The van der Waals surface area contributed by atoms with Crippen molar-refractivity contribution in [3.05, 3.63) is 0 Å². The summed E-state index contributed by atoms with van der Waals surface area (Å²) in [6, 6.07) is -0.658. The molecule has 106 valence electrons. The molecule has 1 amide bonds. The van der Waals surface area contributed by atoms with Crippen LogP contribution in [-0.4, -0.2) is 23.0 Å². The maximum Gasteiger partial charge on any atom is 0.326 e. The van der Waals surface area contributed by atoms with Crippen LogP contribution in [0.25, 0.3) is 0 Å². The Kier molecular flexibility index (Phi) is 3.50. The molecule has 2 N–H and O–H groups in total. The van der Waals surface area contributed by atoms with Crippen LogP contribution in [0.3, 0.4) is 0 Å². The van der Waals surface area contributed by atoms with Gasteiger partial charge in [0.25, 0.3) is 0 Å². The molecule has 0 spiro atoms. The third kappa shape index (κ3) is 2.49. The lowest BCUT2D eigenvalue weighted by Gasteiger charge is -2.28. The second-order valence-electron chi connectivity index (χ2n) is 6.51. The van der Waals surface area contributed by atoms with Crippen LogP contribution in [0.4, 0.5) is 0 Å². The van der Waals surface area contributed by atoms with Crippen molar-refractivity contribution < 1.29 is 14.7 Å². The monoisotopic (exact) mass is 265 g/mol. The molecule has 3 fully saturated rings. The topological polar surface area (TPSA) is 66.4 Å². The molecule has 0 saturated heterocycles. The highest BCUT2D eigenvalue weighted by Gasteiger charge is 2.57. The van der Waals surface area contributed by atoms with Gasteiger partial charge in [0.05, 0.1) is 0 Å². The Morgan fingerprint density at radius 1 is 0.947 bits per heavy atom. The number of carbonyl (C=O) groups excluding carboxylic acids is 1. The molecule has 3 unspecified atom stereocenters. The first-order valence-corrected chi connectivity index (χ1v) is 7.71. The lowest BCUT2D eigenvalue weighted by molar-refractivity contribution is -0.144. The van der Waals surface area contributed by atoms with Gasteiger partial charge in [-0.1, -0.05) is 25.7 Å². The summed E-state index contributed by atoms with van der Waals surface area (Å²) in [6.07, 6.45) is 8.82. The summed E-state index contributed by atoms with van der Waals surface area (Å²) in [4.78, 5) is 23.6. The van der Waals surface area contributed by atoms with E-state index in [0.717, 1.165) is 38.5 Å². The van der Waals surface area contributed by atoms with Crippen LogP contribution in [-0.2, 0) is 9.59 Å². The van der Waals surface area contributed by atoms with E-state index in [1.54, 1.807) is 0 Å². The number of hydrogen-bond acceptors (Lipinski definition) is 2. The summed E-state index contributed by atoms with van der Waals surface area (Å²) >= 11 is 0. The third-order valence-corrected chi connectivity index (χ3v) is 5.39. The lowest BCUT2D eigenvalue weighted by Crippen LogP contribution is -2.47. The zero-order valence-corrected chi connectivity index (χ0v) is 11.3. The zero-order chi connectivity index (χ0) is 13.4. The standard InChI is InChI=1S/C15H23NO3/c17-14(12-10-7-4-8-11(10)12)16-13(15(18)19)9-5-2-1-3-6-9/h9-13H,1-8H2,(H,16,17)(H,18,19). The van der Waals surface area contributed by atoms with Crippen molar-refractivity contribution in [3.63, 3.8) is 0 Å². The largest absolute Gasteiger partial charge is 0.480 e. The Morgan fingerprint density at radius 2 is 1.58 bits per heavy atom. The molecule has 0 heterocycles. The van der Waals surface area contributed by atoms with Gasteiger partial charge in [0.1, 0.15) is 6.04 Å². The van der Waals surface area contributed by atoms with Crippen LogP contribution in [0.1, 0.15) is 51.4 Å². The highest BCUT2D eigenvalue weighted by Crippen LogP contribution is 2.57. The minimum Gasteiger partial charge on any atom is -0.480 e. The fraction of sp³-hybridized carbons (Fsp3) is 0.867. The van der Waals surface area contributed by atoms with E-state index >= 15 is 0 Å². The number of rotatable bonds is 4. The minimum absolute atomic E-state index is 0.00711. The molecule has 4 nitrogen and oxygen atoms in total. The Balaban J connectivity index is 1.58. The number of carboxylic acid groups (broad SMARTS) is 1. The summed E-state index contributed by atoms with van der Waals surface area (Å²) in [7, 11) is 0. The highest BCUT2D eigenvalue weighted by molar-refractivity contribution is 5.87. The molecule has 0 aromatic rings. The molecule has 3 rings (SSSR count). The van der Waals surface area contributed by atoms with Gasteiger partial charge in [-0.2, -0.15) is 0 Å². The van der Waals surface area contributed by atoms with Crippen LogP contribution in [0.5, 0.6) is 0 Å². The van der Waals surface area contributed by atoms with E-state index in [-0.39, 0.29) is 17.7 Å². The first-order valence-electron chi connectivity index (χ1n) is 7.71. The summed E-state index contributed by atoms with van der Waals surface area (Å²) < 4.78 is 0. The molecule has 3 atom stereocenters. The lowest BCUT2D eigenvalue weighted by atomic mass is 9.84. The van der Waals surface area contributed by atoms with Crippen LogP contribution >= 0.6 is 0 Å². The maximum atomic E-state index is 12.2. The Bertz CT molecular complexity index is 366. The number of aliphatic carboxylic acids is 1. The highest BCUT2D eigenvalue weighted by atomic mass is 16.4. The molecule has 0 bridgehead atoms. The van der Waals surface area contributed by atoms with Gasteiger partial charge in [0.15, 0.2) is 0 Å². The van der Waals surface area contributed by atoms with E-state index in [4.69, 9.17) is 0 Å². The van der Waals surface area contributed by atoms with Crippen molar-refractivity contribution in [2.24, 2.45) is 23.7 Å². The van der Waals surface area contributed by atoms with Crippen LogP contribution in [0.15, 0.2) is 0 Å². The molecular formula is C15H23NO3. The fourth-order valence-corrected chi connectivity index (χ4v) is 4.31. The molecule has 19 heavy (non-hydrogen) atoms. The average Bonchev–Trinajstić information content (AvgIpc) is 2.90. The third-order valence-electron chi connectivity index (χ3n) is 5.39. The Morgan fingerprint density at radius 3 is 2.16 bits per heavy atom. The second-order valence-corrected chi connectivity index (χ2v) is 6.51. The van der Waals surface area contributed by atoms with Crippen molar-refractivity contribution in [1.29, 1.82) is 0 Å². The quantitative estimate of drug-likeness (QED) is 0.818. The van der Waals surface area contributed by atoms with Crippen molar-refractivity contribution in [3.8, 4) is 0 Å². The van der Waals surface area contributed by atoms with Gasteiger partial charge in [-0.3, -0.25) is 4.79 Å². The second kappa shape index (κ2) is 5.14. The van der Waals surface area contributed by atoms with Gasteiger partial charge in [0, 0.05) is 5.92 Å². The number of carboxylic acids is 1. The Labute approximate surface area is 113 Å². The van der Waals surface area contributed by atoms with Gasteiger partial charge in [-0.25, -0.2) is 4.79 Å². The van der Waals surface area contributed by atoms with Gasteiger partial charge < -0.3 is 10.4 Å². The van der Waals surface area contributed by atoms with E-state index in [1.165, 1.54) is 12.8 Å². The first kappa shape index (κ1) is 12.9. The molecule has 3 aliphatic rings. The normalized spacial score (nSPS) is 35.5. The summed E-state index contributed by atoms with van der Waals surface area (Å²) in [5, 5.41) is 12.2. The molecule has 0 aromatic heterocycles. The van der Waals surface area contributed by atoms with E-state index < -0.39 is 12.0 Å². The number of carbonyl (C=O) groups is 2. The summed E-state index contributed by atoms with van der Waals surface area (Å²) in [5.74, 6) is 0.522. The summed E-state index contributed by atoms with van der Waals surface area (Å²) in [6.45, 7) is 0. The number of hydrogen-bond donors (Lipinski definition) is 2. The van der Waals surface area contributed by atoms with Crippen LogP contribution in [0.2, 0.25) is 0 Å². The van der Waals surface area contributed by atoms with Crippen LogP contribution < -0.4 is 5.32 Å². The Hall–Kier alpha value is -1.06. The van der Waals surface area contributed by atoms with E-state index in [2.05, 4.69) is 5.32 Å². The van der Waals surface area contributed by atoms with E-state index in [9.17, 15) is 14.7 Å². The number of nitrogens with one attached hydrogen (secondary N) is 1. The molecular weight excluding hydrogens is 242 g/mol.